The predicted octanol–water partition coefficient (Wildman–Crippen LogP) is 2.02. The molecule has 96 valence electrons. The summed E-state index contributed by atoms with van der Waals surface area (Å²) < 4.78 is 0. The summed E-state index contributed by atoms with van der Waals surface area (Å²) in [7, 11) is 0. The molecule has 5 nitrogen and oxygen atoms in total. The van der Waals surface area contributed by atoms with Crippen molar-refractivity contribution in [2.45, 2.75) is 25.7 Å². The van der Waals surface area contributed by atoms with Gasteiger partial charge < -0.3 is 10.4 Å². The van der Waals surface area contributed by atoms with Crippen LogP contribution < -0.4 is 5.32 Å². The van der Waals surface area contributed by atoms with Crippen molar-refractivity contribution >= 4 is 11.8 Å². The molecule has 2 aliphatic carbocycles. The summed E-state index contributed by atoms with van der Waals surface area (Å²) in [6.07, 6.45) is 6.76. The van der Waals surface area contributed by atoms with Gasteiger partial charge >= 0.3 is 5.97 Å². The van der Waals surface area contributed by atoms with E-state index in [-0.39, 0.29) is 5.56 Å². The minimum Gasteiger partial charge on any atom is -0.478 e. The molecule has 2 fully saturated rings. The van der Waals surface area contributed by atoms with Crippen molar-refractivity contribution < 1.29 is 9.90 Å². The summed E-state index contributed by atoms with van der Waals surface area (Å²) >= 11 is 0. The van der Waals surface area contributed by atoms with E-state index >= 15 is 0 Å². The molecule has 0 spiro atoms. The highest BCUT2D eigenvalue weighted by Gasteiger charge is 2.39. The van der Waals surface area contributed by atoms with Gasteiger partial charge in [-0.2, -0.15) is 5.10 Å². The van der Waals surface area contributed by atoms with Gasteiger partial charge in [-0.05, 0) is 43.1 Å². The summed E-state index contributed by atoms with van der Waals surface area (Å²) in [5, 5.41) is 19.8. The number of carboxylic acids is 1. The number of rotatable bonds is 4. The molecule has 1 aromatic rings. The Hall–Kier alpha value is -1.65. The largest absolute Gasteiger partial charge is 0.478 e. The van der Waals surface area contributed by atoms with Gasteiger partial charge in [0.25, 0.3) is 0 Å². The number of aromatic nitrogens is 2. The number of aromatic carboxylic acids is 1. The van der Waals surface area contributed by atoms with Crippen molar-refractivity contribution in [3.8, 4) is 0 Å². The van der Waals surface area contributed by atoms with Gasteiger partial charge in [0.15, 0.2) is 5.82 Å². The van der Waals surface area contributed by atoms with Crippen LogP contribution in [0.3, 0.4) is 0 Å². The van der Waals surface area contributed by atoms with Gasteiger partial charge in [-0.25, -0.2) is 4.79 Å². The van der Waals surface area contributed by atoms with Crippen molar-refractivity contribution in [2.24, 2.45) is 17.8 Å². The molecule has 0 aliphatic heterocycles. The van der Waals surface area contributed by atoms with Gasteiger partial charge in [-0.3, -0.25) is 0 Å². The van der Waals surface area contributed by atoms with Crippen LogP contribution >= 0.6 is 0 Å². The summed E-state index contributed by atoms with van der Waals surface area (Å²) in [5.41, 5.74) is 0.202. The van der Waals surface area contributed by atoms with Crippen LogP contribution in [0.25, 0.3) is 0 Å². The topological polar surface area (TPSA) is 75.1 Å². The van der Waals surface area contributed by atoms with Crippen molar-refractivity contribution in [3.63, 3.8) is 0 Å². The molecule has 5 heteroatoms. The van der Waals surface area contributed by atoms with Gasteiger partial charge in [0.2, 0.25) is 0 Å². The molecule has 3 rings (SSSR count). The van der Waals surface area contributed by atoms with Gasteiger partial charge in [0.1, 0.15) is 5.56 Å². The highest BCUT2D eigenvalue weighted by molar-refractivity contribution is 5.92. The first-order chi connectivity index (χ1) is 8.74. The third kappa shape index (κ3) is 2.05. The van der Waals surface area contributed by atoms with Crippen LogP contribution in [0.5, 0.6) is 0 Å². The second-order valence-corrected chi connectivity index (χ2v) is 5.41. The number of nitrogens with one attached hydrogen (secondary N) is 1. The normalized spacial score (nSPS) is 29.4. The van der Waals surface area contributed by atoms with E-state index in [2.05, 4.69) is 15.5 Å². The quantitative estimate of drug-likeness (QED) is 0.851. The summed E-state index contributed by atoms with van der Waals surface area (Å²) in [4.78, 5) is 11.0. The first-order valence-corrected chi connectivity index (χ1v) is 6.53. The van der Waals surface area contributed by atoms with Crippen molar-refractivity contribution in [1.82, 2.24) is 10.2 Å². The van der Waals surface area contributed by atoms with E-state index in [9.17, 15) is 4.79 Å². The molecular weight excluding hydrogens is 230 g/mol. The van der Waals surface area contributed by atoms with Crippen LogP contribution in [0.15, 0.2) is 12.3 Å². The molecule has 0 amide bonds. The standard InChI is InChI=1S/C13H17N3O2/c17-13(18)11-3-4-15-16-12(11)14-7-10-6-8-1-2-9(10)5-8/h3-4,8-10H,1-2,5-7H2,(H,14,16)(H,17,18). The Morgan fingerprint density at radius 3 is 3.00 bits per heavy atom. The molecule has 2 aliphatic rings. The lowest BCUT2D eigenvalue weighted by Gasteiger charge is -2.22. The highest BCUT2D eigenvalue weighted by atomic mass is 16.4. The second kappa shape index (κ2) is 4.55. The molecule has 0 saturated heterocycles. The Morgan fingerprint density at radius 1 is 1.44 bits per heavy atom. The first kappa shape index (κ1) is 11.4. The molecule has 1 heterocycles. The van der Waals surface area contributed by atoms with E-state index in [0.29, 0.717) is 11.7 Å². The Bertz CT molecular complexity index is 463. The van der Waals surface area contributed by atoms with Gasteiger partial charge in [0.05, 0.1) is 6.20 Å². The fourth-order valence-corrected chi connectivity index (χ4v) is 3.49. The maximum atomic E-state index is 11.0. The van der Waals surface area contributed by atoms with E-state index in [1.165, 1.54) is 37.9 Å². The van der Waals surface area contributed by atoms with E-state index in [4.69, 9.17) is 5.11 Å². The van der Waals surface area contributed by atoms with Crippen LogP contribution in [0.2, 0.25) is 0 Å². The number of nitrogens with zero attached hydrogens (tertiary/aromatic N) is 2. The molecule has 2 bridgehead atoms. The van der Waals surface area contributed by atoms with Crippen LogP contribution in [0, 0.1) is 17.8 Å². The minimum absolute atomic E-state index is 0.202. The second-order valence-electron chi connectivity index (χ2n) is 5.41. The molecule has 2 N–H and O–H groups in total. The third-order valence-electron chi connectivity index (χ3n) is 4.37. The number of anilines is 1. The maximum absolute atomic E-state index is 11.0. The van der Waals surface area contributed by atoms with Gasteiger partial charge in [-0.1, -0.05) is 6.42 Å². The van der Waals surface area contributed by atoms with Crippen LogP contribution in [-0.4, -0.2) is 27.8 Å². The zero-order chi connectivity index (χ0) is 12.5. The zero-order valence-electron chi connectivity index (χ0n) is 10.2. The Balaban J connectivity index is 1.65. The molecular formula is C13H17N3O2. The molecule has 3 atom stereocenters. The summed E-state index contributed by atoms with van der Waals surface area (Å²) in [5.74, 6) is 1.84. The Labute approximate surface area is 106 Å². The smallest absolute Gasteiger partial charge is 0.339 e. The average molecular weight is 247 g/mol. The van der Waals surface area contributed by atoms with Crippen molar-refractivity contribution in [2.75, 3.05) is 11.9 Å². The monoisotopic (exact) mass is 247 g/mol. The number of carbonyl (C=O) groups is 1. The summed E-state index contributed by atoms with van der Waals surface area (Å²) in [6.45, 7) is 0.820. The van der Waals surface area contributed by atoms with Crippen molar-refractivity contribution in [3.05, 3.63) is 17.8 Å². The van der Waals surface area contributed by atoms with E-state index in [1.54, 1.807) is 0 Å². The number of hydrogen-bond donors (Lipinski definition) is 2. The number of hydrogen-bond acceptors (Lipinski definition) is 4. The van der Waals surface area contributed by atoms with Crippen LogP contribution in [-0.2, 0) is 0 Å². The fourth-order valence-electron chi connectivity index (χ4n) is 3.49. The fraction of sp³-hybridized carbons (Fsp3) is 0.615. The highest BCUT2D eigenvalue weighted by Crippen LogP contribution is 2.48. The molecule has 1 aromatic heterocycles. The lowest BCUT2D eigenvalue weighted by atomic mass is 9.89. The van der Waals surface area contributed by atoms with Crippen LogP contribution in [0.4, 0.5) is 5.82 Å². The van der Waals surface area contributed by atoms with E-state index < -0.39 is 5.97 Å². The van der Waals surface area contributed by atoms with Crippen molar-refractivity contribution in [1.29, 1.82) is 0 Å². The first-order valence-electron chi connectivity index (χ1n) is 6.53. The molecule has 0 radical (unpaired) electrons. The third-order valence-corrected chi connectivity index (χ3v) is 4.37. The molecule has 3 unspecified atom stereocenters. The lowest BCUT2D eigenvalue weighted by molar-refractivity contribution is 0.0697. The molecule has 2 saturated carbocycles. The number of carboxylic acid groups (broad SMARTS) is 1. The average Bonchev–Trinajstić information content (AvgIpc) is 2.98. The maximum Gasteiger partial charge on any atom is 0.339 e. The SMILES string of the molecule is O=C(O)c1ccnnc1NCC1CC2CCC1C2. The van der Waals surface area contributed by atoms with E-state index in [1.807, 2.05) is 0 Å². The van der Waals surface area contributed by atoms with Gasteiger partial charge in [0, 0.05) is 6.54 Å². The Kier molecular flexibility index (Phi) is 2.89. The lowest BCUT2D eigenvalue weighted by Crippen LogP contribution is -2.21. The molecule has 0 aromatic carbocycles. The van der Waals surface area contributed by atoms with Crippen LogP contribution in [0.1, 0.15) is 36.0 Å². The zero-order valence-corrected chi connectivity index (χ0v) is 10.2. The Morgan fingerprint density at radius 2 is 2.33 bits per heavy atom. The molecule has 18 heavy (non-hydrogen) atoms. The van der Waals surface area contributed by atoms with E-state index in [0.717, 1.165) is 18.4 Å². The summed E-state index contributed by atoms with van der Waals surface area (Å²) in [6, 6.07) is 1.48. The predicted molar refractivity (Wildman–Crippen MR) is 66.4 cm³/mol. The number of fused-ring (bicyclic) bond motifs is 2. The van der Waals surface area contributed by atoms with Gasteiger partial charge in [-0.15, -0.1) is 5.10 Å². The minimum atomic E-state index is -0.958.